The highest BCUT2D eigenvalue weighted by atomic mass is 16.5. The van der Waals surface area contributed by atoms with Crippen LogP contribution in [-0.4, -0.2) is 23.3 Å². The number of rotatable bonds is 1. The molecule has 7 nitrogen and oxygen atoms in total. The minimum absolute atomic E-state index is 0.122. The van der Waals surface area contributed by atoms with E-state index in [1.807, 2.05) is 18.0 Å². The second kappa shape index (κ2) is 4.28. The highest BCUT2D eigenvalue weighted by Gasteiger charge is 2.18. The van der Waals surface area contributed by atoms with Crippen LogP contribution in [0.15, 0.2) is 34.0 Å². The van der Waals surface area contributed by atoms with Gasteiger partial charge in [0.1, 0.15) is 17.4 Å². The molecule has 0 saturated heterocycles. The van der Waals surface area contributed by atoms with Crippen molar-refractivity contribution < 1.29 is 4.74 Å². The summed E-state index contributed by atoms with van der Waals surface area (Å²) in [6, 6.07) is 6.99. The molecule has 0 unspecified atom stereocenters. The van der Waals surface area contributed by atoms with Gasteiger partial charge in [0.15, 0.2) is 6.73 Å². The number of fused-ring (bicyclic) bond motifs is 1. The molecule has 1 N–H and O–H groups in total. The van der Waals surface area contributed by atoms with Crippen LogP contribution in [0.25, 0.3) is 5.69 Å². The predicted molar refractivity (Wildman–Crippen MR) is 71.3 cm³/mol. The normalized spacial score (nSPS) is 12.7. The topological polar surface area (TPSA) is 91.1 Å². The summed E-state index contributed by atoms with van der Waals surface area (Å²) in [5.41, 5.74) is 0.0397. The molecule has 1 aliphatic rings. The molecule has 1 aromatic heterocycles. The van der Waals surface area contributed by atoms with Crippen molar-refractivity contribution >= 4 is 5.69 Å². The molecular formula is C13H10N4O3. The molecular weight excluding hydrogens is 260 g/mol. The van der Waals surface area contributed by atoms with E-state index < -0.39 is 11.2 Å². The van der Waals surface area contributed by atoms with E-state index in [1.54, 1.807) is 18.2 Å². The van der Waals surface area contributed by atoms with E-state index in [4.69, 9.17) is 10.00 Å². The first kappa shape index (κ1) is 12.0. The minimum atomic E-state index is -0.689. The quantitative estimate of drug-likeness (QED) is 0.798. The van der Waals surface area contributed by atoms with Gasteiger partial charge in [-0.15, -0.1) is 0 Å². The van der Waals surface area contributed by atoms with E-state index in [1.165, 1.54) is 10.8 Å². The van der Waals surface area contributed by atoms with Gasteiger partial charge >= 0.3 is 5.69 Å². The Labute approximate surface area is 113 Å². The number of H-pyrrole nitrogens is 1. The number of ether oxygens (including phenoxy) is 1. The molecule has 100 valence electrons. The molecule has 0 aliphatic carbocycles. The van der Waals surface area contributed by atoms with Gasteiger partial charge in [0.25, 0.3) is 5.56 Å². The van der Waals surface area contributed by atoms with Crippen LogP contribution in [0.3, 0.4) is 0 Å². The van der Waals surface area contributed by atoms with Gasteiger partial charge < -0.3 is 9.64 Å². The molecule has 0 saturated carbocycles. The Morgan fingerprint density at radius 2 is 2.20 bits per heavy atom. The van der Waals surface area contributed by atoms with Crippen molar-refractivity contribution in [3.63, 3.8) is 0 Å². The van der Waals surface area contributed by atoms with Crippen LogP contribution >= 0.6 is 0 Å². The van der Waals surface area contributed by atoms with E-state index in [9.17, 15) is 9.59 Å². The lowest BCUT2D eigenvalue weighted by molar-refractivity contribution is 0.353. The van der Waals surface area contributed by atoms with Gasteiger partial charge in [-0.05, 0) is 12.1 Å². The Balaban J connectivity index is 2.18. The summed E-state index contributed by atoms with van der Waals surface area (Å²) >= 11 is 0. The van der Waals surface area contributed by atoms with Crippen LogP contribution < -0.4 is 20.9 Å². The summed E-state index contributed by atoms with van der Waals surface area (Å²) in [5.74, 6) is 0.654. The molecule has 0 radical (unpaired) electrons. The Morgan fingerprint density at radius 1 is 1.40 bits per heavy atom. The standard InChI is InChI=1S/C13H10N4O3/c1-16-7-20-11-4-9(2-3-10(11)16)17-6-8(5-14)12(18)15-13(17)19/h2-4,6H,7H2,1H3,(H,15,18,19). The number of nitriles is 1. The fourth-order valence-corrected chi connectivity index (χ4v) is 2.06. The maximum absolute atomic E-state index is 11.8. The zero-order valence-electron chi connectivity index (χ0n) is 10.6. The second-order valence-corrected chi connectivity index (χ2v) is 4.41. The fourth-order valence-electron chi connectivity index (χ4n) is 2.06. The van der Waals surface area contributed by atoms with Gasteiger partial charge in [0.2, 0.25) is 0 Å². The number of anilines is 1. The Bertz CT molecular complexity index is 844. The highest BCUT2D eigenvalue weighted by molar-refractivity contribution is 5.64. The number of aromatic amines is 1. The van der Waals surface area contributed by atoms with Crippen LogP contribution in [0.4, 0.5) is 5.69 Å². The van der Waals surface area contributed by atoms with Crippen molar-refractivity contribution in [2.45, 2.75) is 0 Å². The lowest BCUT2D eigenvalue weighted by Gasteiger charge is -2.09. The van der Waals surface area contributed by atoms with Gasteiger partial charge in [-0.2, -0.15) is 5.26 Å². The van der Waals surface area contributed by atoms with E-state index in [0.29, 0.717) is 18.2 Å². The number of aromatic nitrogens is 2. The molecule has 2 aromatic rings. The average molecular weight is 270 g/mol. The Morgan fingerprint density at radius 3 is 2.95 bits per heavy atom. The maximum Gasteiger partial charge on any atom is 0.332 e. The van der Waals surface area contributed by atoms with Crippen LogP contribution in [0, 0.1) is 11.3 Å². The van der Waals surface area contributed by atoms with Gasteiger partial charge in [0.05, 0.1) is 11.4 Å². The number of hydrogen-bond donors (Lipinski definition) is 1. The predicted octanol–water partition coefficient (Wildman–Crippen LogP) is 0.184. The van der Waals surface area contributed by atoms with Crippen LogP contribution in [-0.2, 0) is 0 Å². The van der Waals surface area contributed by atoms with Gasteiger partial charge in [-0.3, -0.25) is 14.3 Å². The fraction of sp³-hybridized carbons (Fsp3) is 0.154. The average Bonchev–Trinajstić information content (AvgIpc) is 2.80. The largest absolute Gasteiger partial charge is 0.471 e. The van der Waals surface area contributed by atoms with Crippen molar-refractivity contribution in [1.29, 1.82) is 5.26 Å². The van der Waals surface area contributed by atoms with Crippen LogP contribution in [0.1, 0.15) is 5.56 Å². The van der Waals surface area contributed by atoms with Crippen molar-refractivity contribution in [3.8, 4) is 17.5 Å². The third-order valence-electron chi connectivity index (χ3n) is 3.11. The molecule has 0 atom stereocenters. The SMILES string of the molecule is CN1COc2cc(-n3cc(C#N)c(=O)[nH]c3=O)ccc21. The zero-order valence-corrected chi connectivity index (χ0v) is 10.6. The minimum Gasteiger partial charge on any atom is -0.471 e. The summed E-state index contributed by atoms with van der Waals surface area (Å²) in [5, 5.41) is 8.85. The molecule has 1 aliphatic heterocycles. The van der Waals surface area contributed by atoms with Gasteiger partial charge in [-0.1, -0.05) is 0 Å². The summed E-state index contributed by atoms with van der Waals surface area (Å²) in [6.07, 6.45) is 1.22. The number of hydrogen-bond acceptors (Lipinski definition) is 5. The first-order chi connectivity index (χ1) is 9.60. The molecule has 3 rings (SSSR count). The lowest BCUT2D eigenvalue weighted by atomic mass is 10.2. The first-order valence-electron chi connectivity index (χ1n) is 5.84. The van der Waals surface area contributed by atoms with E-state index in [0.717, 1.165) is 5.69 Å². The molecule has 0 spiro atoms. The van der Waals surface area contributed by atoms with Crippen LogP contribution in [0.5, 0.6) is 5.75 Å². The van der Waals surface area contributed by atoms with E-state index >= 15 is 0 Å². The van der Waals surface area contributed by atoms with Gasteiger partial charge in [0, 0.05) is 19.3 Å². The molecule has 7 heteroatoms. The summed E-state index contributed by atoms with van der Waals surface area (Å²) in [6.45, 7) is 0.447. The Kier molecular flexibility index (Phi) is 2.57. The molecule has 20 heavy (non-hydrogen) atoms. The number of nitrogens with one attached hydrogen (secondary N) is 1. The van der Waals surface area contributed by atoms with Crippen molar-refractivity contribution in [3.05, 3.63) is 50.8 Å². The second-order valence-electron chi connectivity index (χ2n) is 4.41. The third kappa shape index (κ3) is 1.75. The first-order valence-corrected chi connectivity index (χ1v) is 5.84. The number of nitrogens with zero attached hydrogens (tertiary/aromatic N) is 3. The summed E-state index contributed by atoms with van der Waals surface area (Å²) in [7, 11) is 1.89. The maximum atomic E-state index is 11.8. The monoisotopic (exact) mass is 270 g/mol. The van der Waals surface area contributed by atoms with E-state index in [2.05, 4.69) is 4.98 Å². The van der Waals surface area contributed by atoms with Crippen molar-refractivity contribution in [2.75, 3.05) is 18.7 Å². The molecule has 2 heterocycles. The summed E-state index contributed by atoms with van der Waals surface area (Å²) < 4.78 is 6.68. The van der Waals surface area contributed by atoms with E-state index in [-0.39, 0.29) is 5.56 Å². The van der Waals surface area contributed by atoms with Crippen LogP contribution in [0.2, 0.25) is 0 Å². The van der Waals surface area contributed by atoms with Gasteiger partial charge in [-0.25, -0.2) is 4.79 Å². The molecule has 0 bridgehead atoms. The zero-order chi connectivity index (χ0) is 14.3. The highest BCUT2D eigenvalue weighted by Crippen LogP contribution is 2.34. The third-order valence-corrected chi connectivity index (χ3v) is 3.11. The molecule has 1 aromatic carbocycles. The Hall–Kier alpha value is -3.01. The molecule has 0 fully saturated rings. The van der Waals surface area contributed by atoms with Crippen molar-refractivity contribution in [1.82, 2.24) is 9.55 Å². The lowest BCUT2D eigenvalue weighted by Crippen LogP contribution is -2.30. The van der Waals surface area contributed by atoms with Crippen molar-refractivity contribution in [2.24, 2.45) is 0 Å². The molecule has 0 amide bonds. The smallest absolute Gasteiger partial charge is 0.332 e. The summed E-state index contributed by atoms with van der Waals surface area (Å²) in [4.78, 5) is 27.2. The number of benzene rings is 1.